The van der Waals surface area contributed by atoms with Crippen LogP contribution in [-0.2, 0) is 9.84 Å². The van der Waals surface area contributed by atoms with Crippen molar-refractivity contribution in [3.63, 3.8) is 0 Å². The summed E-state index contributed by atoms with van der Waals surface area (Å²) < 4.78 is 44.7. The third kappa shape index (κ3) is 6.48. The van der Waals surface area contributed by atoms with Gasteiger partial charge in [-0.3, -0.25) is 0 Å². The Morgan fingerprint density at radius 3 is 2.25 bits per heavy atom. The summed E-state index contributed by atoms with van der Waals surface area (Å²) in [5, 5.41) is 0. The van der Waals surface area contributed by atoms with Gasteiger partial charge in [-0.05, 0) is 12.8 Å². The molecule has 3 nitrogen and oxygen atoms in total. The van der Waals surface area contributed by atoms with Crippen molar-refractivity contribution in [1.82, 2.24) is 0 Å². The van der Waals surface area contributed by atoms with Crippen LogP contribution in [0.2, 0.25) is 0 Å². The molecule has 1 unspecified atom stereocenters. The second-order valence-electron chi connectivity index (χ2n) is 2.77. The van der Waals surface area contributed by atoms with Crippen molar-refractivity contribution in [2.24, 2.45) is 5.73 Å². The SMILES string of the molecule is CS(=O)(=O)CCCC(N)C(F)F. The van der Waals surface area contributed by atoms with Crippen LogP contribution in [0, 0.1) is 0 Å². The molecule has 0 heterocycles. The van der Waals surface area contributed by atoms with Crippen molar-refractivity contribution < 1.29 is 17.2 Å². The fraction of sp³-hybridized carbons (Fsp3) is 1.00. The molecule has 12 heavy (non-hydrogen) atoms. The summed E-state index contributed by atoms with van der Waals surface area (Å²) in [6, 6.07) is -1.20. The molecule has 0 aromatic heterocycles. The van der Waals surface area contributed by atoms with Gasteiger partial charge in [-0.1, -0.05) is 0 Å². The van der Waals surface area contributed by atoms with Gasteiger partial charge < -0.3 is 5.73 Å². The molecular formula is C6H13F2NO2S. The van der Waals surface area contributed by atoms with E-state index in [2.05, 4.69) is 0 Å². The molecule has 0 aliphatic heterocycles. The minimum absolute atomic E-state index is 0.0464. The summed E-state index contributed by atoms with van der Waals surface area (Å²) in [5.41, 5.74) is 5.00. The van der Waals surface area contributed by atoms with Gasteiger partial charge in [0, 0.05) is 12.0 Å². The molecule has 2 N–H and O–H groups in total. The molecule has 0 amide bonds. The van der Waals surface area contributed by atoms with Gasteiger partial charge in [0.25, 0.3) is 6.43 Å². The second kappa shape index (κ2) is 4.71. The minimum atomic E-state index is -3.05. The lowest BCUT2D eigenvalue weighted by molar-refractivity contribution is 0.112. The van der Waals surface area contributed by atoms with Gasteiger partial charge in [0.2, 0.25) is 0 Å². The van der Waals surface area contributed by atoms with Crippen molar-refractivity contribution in [2.45, 2.75) is 25.3 Å². The highest BCUT2D eigenvalue weighted by molar-refractivity contribution is 7.90. The van der Waals surface area contributed by atoms with Crippen LogP contribution in [0.25, 0.3) is 0 Å². The molecule has 1 atom stereocenters. The van der Waals surface area contributed by atoms with Gasteiger partial charge in [-0.25, -0.2) is 17.2 Å². The molecule has 0 bridgehead atoms. The Labute approximate surface area is 70.9 Å². The summed E-state index contributed by atoms with van der Waals surface area (Å²) in [6.45, 7) is 0. The Morgan fingerprint density at radius 2 is 1.92 bits per heavy atom. The highest BCUT2D eigenvalue weighted by Crippen LogP contribution is 2.05. The van der Waals surface area contributed by atoms with E-state index in [4.69, 9.17) is 5.73 Å². The average molecular weight is 201 g/mol. The summed E-state index contributed by atoms with van der Waals surface area (Å²) in [6.07, 6.45) is -1.25. The van der Waals surface area contributed by atoms with Gasteiger partial charge in [0.05, 0.1) is 6.04 Å². The molecule has 0 saturated heterocycles. The molecule has 0 spiro atoms. The number of halogens is 2. The van der Waals surface area contributed by atoms with E-state index >= 15 is 0 Å². The molecule has 0 aliphatic rings. The fourth-order valence-corrected chi connectivity index (χ4v) is 1.40. The maximum Gasteiger partial charge on any atom is 0.253 e. The number of alkyl halides is 2. The molecule has 0 saturated carbocycles. The fourth-order valence-electron chi connectivity index (χ4n) is 0.707. The Hall–Kier alpha value is -0.230. The molecule has 0 fully saturated rings. The highest BCUT2D eigenvalue weighted by atomic mass is 32.2. The normalized spacial score (nSPS) is 15.1. The Morgan fingerprint density at radius 1 is 1.42 bits per heavy atom. The minimum Gasteiger partial charge on any atom is -0.323 e. The predicted octanol–water partition coefficient (Wildman–Crippen LogP) is 0.404. The number of rotatable bonds is 5. The number of hydrogen-bond acceptors (Lipinski definition) is 3. The first-order chi connectivity index (χ1) is 5.33. The van der Waals surface area contributed by atoms with E-state index in [0.717, 1.165) is 6.26 Å². The lowest BCUT2D eigenvalue weighted by Gasteiger charge is -2.08. The van der Waals surface area contributed by atoms with Gasteiger partial charge >= 0.3 is 0 Å². The van der Waals surface area contributed by atoms with Crippen molar-refractivity contribution in [3.8, 4) is 0 Å². The molecule has 6 heteroatoms. The van der Waals surface area contributed by atoms with Gasteiger partial charge in [-0.15, -0.1) is 0 Å². The van der Waals surface area contributed by atoms with E-state index < -0.39 is 22.3 Å². The zero-order chi connectivity index (χ0) is 9.78. The van der Waals surface area contributed by atoms with Crippen LogP contribution in [0.4, 0.5) is 8.78 Å². The molecule has 0 radical (unpaired) electrons. The molecule has 0 aromatic carbocycles. The molecular weight excluding hydrogens is 188 g/mol. The van der Waals surface area contributed by atoms with E-state index in [1.807, 2.05) is 0 Å². The van der Waals surface area contributed by atoms with E-state index in [1.165, 1.54) is 0 Å². The zero-order valence-electron chi connectivity index (χ0n) is 6.83. The smallest absolute Gasteiger partial charge is 0.253 e. The van der Waals surface area contributed by atoms with Crippen LogP contribution in [0.3, 0.4) is 0 Å². The van der Waals surface area contributed by atoms with Crippen LogP contribution in [-0.4, -0.2) is 32.9 Å². The highest BCUT2D eigenvalue weighted by Gasteiger charge is 2.15. The van der Waals surface area contributed by atoms with Crippen molar-refractivity contribution in [3.05, 3.63) is 0 Å². The van der Waals surface area contributed by atoms with E-state index in [9.17, 15) is 17.2 Å². The van der Waals surface area contributed by atoms with Crippen LogP contribution < -0.4 is 5.73 Å². The van der Waals surface area contributed by atoms with Gasteiger partial charge in [-0.2, -0.15) is 0 Å². The van der Waals surface area contributed by atoms with Gasteiger partial charge in [0.1, 0.15) is 9.84 Å². The van der Waals surface area contributed by atoms with E-state index in [-0.39, 0.29) is 18.6 Å². The van der Waals surface area contributed by atoms with Crippen LogP contribution >= 0.6 is 0 Å². The standard InChI is InChI=1S/C6H13F2NO2S/c1-12(10,11)4-2-3-5(9)6(7)8/h5-6H,2-4,9H2,1H3. The maximum atomic E-state index is 11.8. The third-order valence-electron chi connectivity index (χ3n) is 1.38. The second-order valence-corrected chi connectivity index (χ2v) is 5.03. The molecule has 0 aromatic rings. The molecule has 0 rings (SSSR count). The number of hydrogen-bond donors (Lipinski definition) is 1. The quantitative estimate of drug-likeness (QED) is 0.700. The van der Waals surface area contributed by atoms with E-state index in [1.54, 1.807) is 0 Å². The first-order valence-electron chi connectivity index (χ1n) is 3.54. The average Bonchev–Trinajstić information content (AvgIpc) is 1.84. The van der Waals surface area contributed by atoms with Crippen molar-refractivity contribution in [1.29, 1.82) is 0 Å². The number of sulfone groups is 1. The first-order valence-corrected chi connectivity index (χ1v) is 5.60. The summed E-state index contributed by atoms with van der Waals surface area (Å²) in [5.74, 6) is -0.0760. The van der Waals surface area contributed by atoms with Gasteiger partial charge in [0.15, 0.2) is 0 Å². The third-order valence-corrected chi connectivity index (χ3v) is 2.41. The Balaban J connectivity index is 3.58. The first kappa shape index (κ1) is 11.8. The summed E-state index contributed by atoms with van der Waals surface area (Å²) in [4.78, 5) is 0. The summed E-state index contributed by atoms with van der Waals surface area (Å²) in [7, 11) is -3.05. The zero-order valence-corrected chi connectivity index (χ0v) is 7.65. The van der Waals surface area contributed by atoms with Crippen molar-refractivity contribution >= 4 is 9.84 Å². The lowest BCUT2D eigenvalue weighted by Crippen LogP contribution is -2.28. The van der Waals surface area contributed by atoms with Crippen LogP contribution in [0.1, 0.15) is 12.8 Å². The lowest BCUT2D eigenvalue weighted by atomic mass is 10.2. The Bertz CT molecular complexity index is 216. The van der Waals surface area contributed by atoms with Crippen LogP contribution in [0.5, 0.6) is 0 Å². The van der Waals surface area contributed by atoms with Crippen molar-refractivity contribution in [2.75, 3.05) is 12.0 Å². The predicted molar refractivity (Wildman–Crippen MR) is 42.9 cm³/mol. The monoisotopic (exact) mass is 201 g/mol. The molecule has 0 aliphatic carbocycles. The topological polar surface area (TPSA) is 60.2 Å². The molecule has 74 valence electrons. The Kier molecular flexibility index (Phi) is 4.62. The maximum absolute atomic E-state index is 11.8. The number of nitrogens with two attached hydrogens (primary N) is 1. The summed E-state index contributed by atoms with van der Waals surface area (Å²) >= 11 is 0. The van der Waals surface area contributed by atoms with Crippen LogP contribution in [0.15, 0.2) is 0 Å². The largest absolute Gasteiger partial charge is 0.323 e. The van der Waals surface area contributed by atoms with E-state index in [0.29, 0.717) is 0 Å².